The van der Waals surface area contributed by atoms with Crippen LogP contribution in [0.4, 0.5) is 0 Å². The van der Waals surface area contributed by atoms with Gasteiger partial charge in [0.1, 0.15) is 12.3 Å². The molecule has 2 N–H and O–H groups in total. The Morgan fingerprint density at radius 1 is 1.08 bits per heavy atom. The summed E-state index contributed by atoms with van der Waals surface area (Å²) < 4.78 is 5.56. The molecule has 1 heterocycles. The average Bonchev–Trinajstić information content (AvgIpc) is 2.85. The Balaban J connectivity index is 2.21. The molecule has 0 radical (unpaired) electrons. The first-order valence-corrected chi connectivity index (χ1v) is 9.12. The molecule has 1 aromatic heterocycles. The van der Waals surface area contributed by atoms with E-state index in [-0.39, 0.29) is 0 Å². The van der Waals surface area contributed by atoms with Crippen molar-refractivity contribution in [3.05, 3.63) is 17.3 Å². The number of aryl methyl sites for hydroxylation is 2. The lowest BCUT2D eigenvalue weighted by Gasteiger charge is -2.11. The van der Waals surface area contributed by atoms with E-state index in [2.05, 4.69) is 46.5 Å². The van der Waals surface area contributed by atoms with E-state index < -0.39 is 0 Å². The summed E-state index contributed by atoms with van der Waals surface area (Å²) in [6, 6.07) is 0. The van der Waals surface area contributed by atoms with E-state index >= 15 is 0 Å². The van der Waals surface area contributed by atoms with Crippen LogP contribution in [-0.4, -0.2) is 49.6 Å². The van der Waals surface area contributed by atoms with E-state index in [1.165, 1.54) is 38.6 Å². The second-order valence-electron chi connectivity index (χ2n) is 6.44. The Labute approximate surface area is 147 Å². The monoisotopic (exact) mass is 337 g/mol. The van der Waals surface area contributed by atoms with Gasteiger partial charge in [-0.3, -0.25) is 0 Å². The molecular weight excluding hydrogens is 302 g/mol. The maximum absolute atomic E-state index is 5.56. The Bertz CT molecular complexity index is 462. The number of oxazole rings is 1. The zero-order chi connectivity index (χ0) is 17.8. The number of guanidine groups is 1. The molecule has 0 aromatic carbocycles. The van der Waals surface area contributed by atoms with Gasteiger partial charge in [-0.25, -0.2) is 9.98 Å². The molecule has 6 heteroatoms. The molecule has 138 valence electrons. The van der Waals surface area contributed by atoms with E-state index in [1.807, 2.05) is 13.8 Å². The Morgan fingerprint density at radius 2 is 1.79 bits per heavy atom. The molecule has 0 aliphatic carbocycles. The smallest absolute Gasteiger partial charge is 0.216 e. The first-order chi connectivity index (χ1) is 11.5. The summed E-state index contributed by atoms with van der Waals surface area (Å²) in [6.45, 7) is 9.40. The van der Waals surface area contributed by atoms with E-state index in [9.17, 15) is 0 Å². The van der Waals surface area contributed by atoms with Crippen LogP contribution in [0.25, 0.3) is 0 Å². The van der Waals surface area contributed by atoms with Crippen molar-refractivity contribution < 1.29 is 4.42 Å². The molecule has 0 fully saturated rings. The maximum atomic E-state index is 5.56. The van der Waals surface area contributed by atoms with Crippen LogP contribution in [0.2, 0.25) is 0 Å². The number of aliphatic imine (C=N–C) groups is 1. The molecule has 0 saturated heterocycles. The van der Waals surface area contributed by atoms with Crippen molar-refractivity contribution in [2.24, 2.45) is 4.99 Å². The minimum atomic E-state index is 0.467. The van der Waals surface area contributed by atoms with Crippen molar-refractivity contribution in [2.45, 2.75) is 59.4 Å². The third-order valence-electron chi connectivity index (χ3n) is 3.86. The Hall–Kier alpha value is -1.56. The minimum absolute atomic E-state index is 0.467. The molecule has 0 aliphatic rings. The van der Waals surface area contributed by atoms with E-state index in [0.29, 0.717) is 12.4 Å². The van der Waals surface area contributed by atoms with Crippen molar-refractivity contribution in [3.63, 3.8) is 0 Å². The molecule has 0 unspecified atom stereocenters. The predicted molar refractivity (Wildman–Crippen MR) is 100 cm³/mol. The molecule has 0 bridgehead atoms. The highest BCUT2D eigenvalue weighted by atomic mass is 16.4. The SMILES string of the molecule is CCNC(=NCc1nc(C)c(C)o1)NCCCCCCCN(C)C. The number of hydrogen-bond donors (Lipinski definition) is 2. The first kappa shape index (κ1) is 20.5. The van der Waals surface area contributed by atoms with Gasteiger partial charge < -0.3 is 20.0 Å². The second-order valence-corrected chi connectivity index (χ2v) is 6.44. The zero-order valence-electron chi connectivity index (χ0n) is 16.1. The van der Waals surface area contributed by atoms with Crippen LogP contribution in [0.5, 0.6) is 0 Å². The highest BCUT2D eigenvalue weighted by molar-refractivity contribution is 5.79. The summed E-state index contributed by atoms with van der Waals surface area (Å²) in [4.78, 5) is 11.1. The summed E-state index contributed by atoms with van der Waals surface area (Å²) in [6.07, 6.45) is 6.34. The van der Waals surface area contributed by atoms with E-state index in [1.54, 1.807) is 0 Å². The lowest BCUT2D eigenvalue weighted by atomic mass is 10.1. The van der Waals surface area contributed by atoms with Crippen LogP contribution in [0, 0.1) is 13.8 Å². The van der Waals surface area contributed by atoms with Gasteiger partial charge in [0.15, 0.2) is 5.96 Å². The molecule has 0 spiro atoms. The van der Waals surface area contributed by atoms with Crippen molar-refractivity contribution >= 4 is 5.96 Å². The van der Waals surface area contributed by atoms with Gasteiger partial charge in [0.25, 0.3) is 0 Å². The molecule has 0 amide bonds. The maximum Gasteiger partial charge on any atom is 0.216 e. The van der Waals surface area contributed by atoms with E-state index in [4.69, 9.17) is 4.42 Å². The van der Waals surface area contributed by atoms with Crippen molar-refractivity contribution in [3.8, 4) is 0 Å². The molecule has 1 aromatic rings. The molecule has 1 rings (SSSR count). The molecule has 0 atom stereocenters. The number of hydrogen-bond acceptors (Lipinski definition) is 4. The quantitative estimate of drug-likeness (QED) is 0.369. The highest BCUT2D eigenvalue weighted by Crippen LogP contribution is 2.09. The van der Waals surface area contributed by atoms with Crippen LogP contribution < -0.4 is 10.6 Å². The molecular formula is C18H35N5O. The van der Waals surface area contributed by atoms with Crippen LogP contribution in [-0.2, 0) is 6.54 Å². The second kappa shape index (κ2) is 11.9. The fourth-order valence-corrected chi connectivity index (χ4v) is 2.39. The van der Waals surface area contributed by atoms with Gasteiger partial charge >= 0.3 is 0 Å². The molecule has 0 saturated carbocycles. The molecule has 6 nitrogen and oxygen atoms in total. The van der Waals surface area contributed by atoms with Crippen LogP contribution in [0.15, 0.2) is 9.41 Å². The summed E-state index contributed by atoms with van der Waals surface area (Å²) in [5.41, 5.74) is 0.937. The topological polar surface area (TPSA) is 65.7 Å². The summed E-state index contributed by atoms with van der Waals surface area (Å²) in [5, 5.41) is 6.64. The summed E-state index contributed by atoms with van der Waals surface area (Å²) in [7, 11) is 4.26. The Kier molecular flexibility index (Phi) is 10.2. The number of unbranched alkanes of at least 4 members (excludes halogenated alkanes) is 4. The van der Waals surface area contributed by atoms with Crippen LogP contribution in [0.3, 0.4) is 0 Å². The Morgan fingerprint density at radius 3 is 2.42 bits per heavy atom. The standard InChI is InChI=1S/C18H35N5O/c1-6-19-18(21-14-17-22-15(2)16(3)24-17)20-12-10-8-7-9-11-13-23(4)5/h6-14H2,1-5H3,(H2,19,20,21). The average molecular weight is 338 g/mol. The van der Waals surface area contributed by atoms with Gasteiger partial charge in [0.2, 0.25) is 5.89 Å². The highest BCUT2D eigenvalue weighted by Gasteiger charge is 2.05. The lowest BCUT2D eigenvalue weighted by molar-refractivity contribution is 0.389. The number of aromatic nitrogens is 1. The van der Waals surface area contributed by atoms with Gasteiger partial charge in [-0.15, -0.1) is 0 Å². The van der Waals surface area contributed by atoms with Crippen molar-refractivity contribution in [1.29, 1.82) is 0 Å². The van der Waals surface area contributed by atoms with Gasteiger partial charge in [-0.1, -0.05) is 19.3 Å². The fraction of sp³-hybridized carbons (Fsp3) is 0.778. The van der Waals surface area contributed by atoms with Crippen molar-refractivity contribution in [2.75, 3.05) is 33.7 Å². The number of nitrogens with zero attached hydrogens (tertiary/aromatic N) is 3. The van der Waals surface area contributed by atoms with Crippen molar-refractivity contribution in [1.82, 2.24) is 20.5 Å². The lowest BCUT2D eigenvalue weighted by Crippen LogP contribution is -2.37. The predicted octanol–water partition coefficient (Wildman–Crippen LogP) is 2.86. The van der Waals surface area contributed by atoms with Crippen LogP contribution >= 0.6 is 0 Å². The molecule has 0 aliphatic heterocycles. The first-order valence-electron chi connectivity index (χ1n) is 9.12. The van der Waals surface area contributed by atoms with E-state index in [0.717, 1.165) is 30.5 Å². The normalized spacial score (nSPS) is 12.0. The summed E-state index contributed by atoms with van der Waals surface area (Å²) >= 11 is 0. The number of rotatable bonds is 11. The largest absolute Gasteiger partial charge is 0.444 e. The fourth-order valence-electron chi connectivity index (χ4n) is 2.39. The van der Waals surface area contributed by atoms with Gasteiger partial charge in [0.05, 0.1) is 5.69 Å². The summed E-state index contributed by atoms with van der Waals surface area (Å²) in [5.74, 6) is 2.37. The van der Waals surface area contributed by atoms with Crippen LogP contribution in [0.1, 0.15) is 56.4 Å². The van der Waals surface area contributed by atoms with Gasteiger partial charge in [-0.05, 0) is 54.3 Å². The van der Waals surface area contributed by atoms with Gasteiger partial charge in [-0.2, -0.15) is 0 Å². The van der Waals surface area contributed by atoms with Gasteiger partial charge in [0, 0.05) is 13.1 Å². The third kappa shape index (κ3) is 8.91. The third-order valence-corrected chi connectivity index (χ3v) is 3.86. The minimum Gasteiger partial charge on any atom is -0.444 e. The molecule has 24 heavy (non-hydrogen) atoms. The number of nitrogens with one attached hydrogen (secondary N) is 2. The zero-order valence-corrected chi connectivity index (χ0v) is 16.1.